The highest BCUT2D eigenvalue weighted by Gasteiger charge is 2.30. The van der Waals surface area contributed by atoms with Crippen molar-refractivity contribution in [3.63, 3.8) is 0 Å². The molecule has 1 fully saturated rings. The molecule has 1 atom stereocenters. The quantitative estimate of drug-likeness (QED) is 0.505. The number of rotatable bonds is 3. The number of hydrogen-bond acceptors (Lipinski definition) is 5. The topological polar surface area (TPSA) is 89.8 Å². The van der Waals surface area contributed by atoms with Crippen LogP contribution in [0.25, 0.3) is 22.3 Å². The minimum Gasteiger partial charge on any atom is -0.508 e. The number of anilines is 1. The molecule has 0 spiro atoms. The van der Waals surface area contributed by atoms with Gasteiger partial charge < -0.3 is 10.8 Å². The molecule has 0 amide bonds. The maximum Gasteiger partial charge on any atom is 0.164 e. The third-order valence-electron chi connectivity index (χ3n) is 6.47. The molecule has 0 bridgehead atoms. The molecule has 6 nitrogen and oxygen atoms in total. The zero-order valence-electron chi connectivity index (χ0n) is 16.9. The van der Waals surface area contributed by atoms with Crippen molar-refractivity contribution in [2.45, 2.75) is 44.1 Å². The monoisotopic (exact) mass is 415 g/mol. The summed E-state index contributed by atoms with van der Waals surface area (Å²) in [5, 5.41) is 15.4. The van der Waals surface area contributed by atoms with Crippen LogP contribution in [0.2, 0.25) is 0 Å². The summed E-state index contributed by atoms with van der Waals surface area (Å²) in [5.41, 5.74) is 11.8. The van der Waals surface area contributed by atoms with Gasteiger partial charge in [-0.15, -0.1) is 0 Å². The molecular weight excluding hydrogens is 393 g/mol. The molecular formula is C24H22FN5O. The van der Waals surface area contributed by atoms with E-state index >= 15 is 0 Å². The molecule has 2 aliphatic rings. The SMILES string of the molecule is Nc1ncnc2c1c(-c1cc(O)cc(F)c1)nn2C1CCCc2ccc(C3CC3)cc21. The number of nitrogens with two attached hydrogens (primary N) is 1. The summed E-state index contributed by atoms with van der Waals surface area (Å²) in [5.74, 6) is 0.263. The smallest absolute Gasteiger partial charge is 0.164 e. The maximum absolute atomic E-state index is 14.0. The molecule has 1 saturated carbocycles. The van der Waals surface area contributed by atoms with Gasteiger partial charge in [-0.25, -0.2) is 19.0 Å². The van der Waals surface area contributed by atoms with Crippen molar-refractivity contribution in [3.05, 3.63) is 65.2 Å². The zero-order chi connectivity index (χ0) is 21.1. The number of hydrogen-bond donors (Lipinski definition) is 2. The fraction of sp³-hybridized carbons (Fsp3) is 0.292. The van der Waals surface area contributed by atoms with Gasteiger partial charge in [0.15, 0.2) is 5.65 Å². The summed E-state index contributed by atoms with van der Waals surface area (Å²) in [6.45, 7) is 0. The van der Waals surface area contributed by atoms with E-state index in [2.05, 4.69) is 28.2 Å². The van der Waals surface area contributed by atoms with Crippen LogP contribution in [0, 0.1) is 5.82 Å². The summed E-state index contributed by atoms with van der Waals surface area (Å²) in [7, 11) is 0. The van der Waals surface area contributed by atoms with Crippen LogP contribution < -0.4 is 5.73 Å². The van der Waals surface area contributed by atoms with Gasteiger partial charge in [-0.05, 0) is 66.8 Å². The second-order valence-electron chi connectivity index (χ2n) is 8.59. The Labute approximate surface area is 178 Å². The highest BCUT2D eigenvalue weighted by atomic mass is 19.1. The fourth-order valence-electron chi connectivity index (χ4n) is 4.84. The van der Waals surface area contributed by atoms with Crippen LogP contribution in [-0.4, -0.2) is 24.9 Å². The van der Waals surface area contributed by atoms with Gasteiger partial charge in [0.05, 0.1) is 11.4 Å². The van der Waals surface area contributed by atoms with Gasteiger partial charge in [0.1, 0.15) is 29.4 Å². The van der Waals surface area contributed by atoms with E-state index in [1.54, 1.807) is 0 Å². The number of phenols is 1. The average molecular weight is 415 g/mol. The molecule has 0 radical (unpaired) electrons. The Bertz CT molecular complexity index is 1310. The second-order valence-corrected chi connectivity index (χ2v) is 8.59. The van der Waals surface area contributed by atoms with Crippen molar-refractivity contribution in [1.82, 2.24) is 19.7 Å². The van der Waals surface area contributed by atoms with Crippen molar-refractivity contribution in [2.75, 3.05) is 5.73 Å². The van der Waals surface area contributed by atoms with Crippen LogP contribution in [0.4, 0.5) is 10.2 Å². The van der Waals surface area contributed by atoms with Gasteiger partial charge in [-0.1, -0.05) is 18.2 Å². The van der Waals surface area contributed by atoms with Crippen molar-refractivity contribution in [2.24, 2.45) is 0 Å². The standard InChI is InChI=1S/C24H22FN5O/c25-17-8-16(9-18(31)11-17)22-21-23(26)27-12-28-24(21)30(29-22)20-3-1-2-14-6-7-15(10-19(14)20)13-4-5-13/h6-13,20,31H,1-5H2,(H2,26,27,28). The Balaban J connectivity index is 1.57. The molecule has 7 heteroatoms. The number of nitrogens with zero attached hydrogens (tertiary/aromatic N) is 4. The molecule has 3 N–H and O–H groups in total. The number of aryl methyl sites for hydroxylation is 1. The van der Waals surface area contributed by atoms with Crippen LogP contribution in [0.5, 0.6) is 5.75 Å². The van der Waals surface area contributed by atoms with Crippen LogP contribution in [0.15, 0.2) is 42.7 Å². The summed E-state index contributed by atoms with van der Waals surface area (Å²) < 4.78 is 16.0. The lowest BCUT2D eigenvalue weighted by Crippen LogP contribution is -2.19. The molecule has 156 valence electrons. The van der Waals surface area contributed by atoms with E-state index in [4.69, 9.17) is 10.8 Å². The average Bonchev–Trinajstić information content (AvgIpc) is 3.53. The number of aromatic nitrogens is 4. The Morgan fingerprint density at radius 3 is 2.74 bits per heavy atom. The molecule has 31 heavy (non-hydrogen) atoms. The summed E-state index contributed by atoms with van der Waals surface area (Å²) in [4.78, 5) is 8.65. The van der Waals surface area contributed by atoms with Gasteiger partial charge in [0.25, 0.3) is 0 Å². The lowest BCUT2D eigenvalue weighted by molar-refractivity contribution is 0.460. The van der Waals surface area contributed by atoms with E-state index in [9.17, 15) is 9.50 Å². The molecule has 2 aliphatic carbocycles. The van der Waals surface area contributed by atoms with Crippen LogP contribution in [0.3, 0.4) is 0 Å². The van der Waals surface area contributed by atoms with Gasteiger partial charge in [0, 0.05) is 11.6 Å². The second kappa shape index (κ2) is 6.77. The van der Waals surface area contributed by atoms with Crippen LogP contribution >= 0.6 is 0 Å². The molecule has 2 aromatic carbocycles. The molecule has 4 aromatic rings. The van der Waals surface area contributed by atoms with Gasteiger partial charge >= 0.3 is 0 Å². The van der Waals surface area contributed by atoms with Crippen molar-refractivity contribution in [3.8, 4) is 17.0 Å². The predicted octanol–water partition coefficient (Wildman–Crippen LogP) is 4.72. The van der Waals surface area contributed by atoms with Crippen molar-refractivity contribution in [1.29, 1.82) is 0 Å². The summed E-state index contributed by atoms with van der Waals surface area (Å²) >= 11 is 0. The third kappa shape index (κ3) is 3.03. The number of phenolic OH excluding ortho intramolecular Hbond substituents is 1. The maximum atomic E-state index is 14.0. The fourth-order valence-corrected chi connectivity index (χ4v) is 4.84. The van der Waals surface area contributed by atoms with Crippen molar-refractivity contribution < 1.29 is 9.50 Å². The van der Waals surface area contributed by atoms with E-state index < -0.39 is 5.82 Å². The van der Waals surface area contributed by atoms with E-state index in [1.807, 2.05) is 4.68 Å². The first-order valence-corrected chi connectivity index (χ1v) is 10.7. The minimum absolute atomic E-state index is 0.0233. The van der Waals surface area contributed by atoms with Crippen LogP contribution in [-0.2, 0) is 6.42 Å². The Morgan fingerprint density at radius 1 is 1.06 bits per heavy atom. The molecule has 0 saturated heterocycles. The van der Waals surface area contributed by atoms with E-state index in [0.29, 0.717) is 28.2 Å². The molecule has 2 heterocycles. The number of halogens is 1. The number of benzene rings is 2. The molecule has 1 unspecified atom stereocenters. The largest absolute Gasteiger partial charge is 0.508 e. The summed E-state index contributed by atoms with van der Waals surface area (Å²) in [6, 6.07) is 10.8. The molecule has 2 aromatic heterocycles. The molecule has 6 rings (SSSR count). The van der Waals surface area contributed by atoms with Gasteiger partial charge in [0.2, 0.25) is 0 Å². The first kappa shape index (κ1) is 18.3. The predicted molar refractivity (Wildman–Crippen MR) is 116 cm³/mol. The molecule has 0 aliphatic heterocycles. The lowest BCUT2D eigenvalue weighted by Gasteiger charge is -2.27. The van der Waals surface area contributed by atoms with E-state index in [0.717, 1.165) is 25.3 Å². The van der Waals surface area contributed by atoms with Gasteiger partial charge in [-0.2, -0.15) is 5.10 Å². The first-order chi connectivity index (χ1) is 15.1. The number of nitrogen functional groups attached to an aromatic ring is 1. The van der Waals surface area contributed by atoms with E-state index in [1.165, 1.54) is 48.0 Å². The van der Waals surface area contributed by atoms with Gasteiger partial charge in [-0.3, -0.25) is 0 Å². The Kier molecular flexibility index (Phi) is 4.00. The van der Waals surface area contributed by atoms with E-state index in [-0.39, 0.29) is 17.6 Å². The lowest BCUT2D eigenvalue weighted by atomic mass is 9.86. The minimum atomic E-state index is -0.537. The number of aromatic hydroxyl groups is 1. The summed E-state index contributed by atoms with van der Waals surface area (Å²) in [6.07, 6.45) is 7.00. The Hall–Kier alpha value is -3.48. The highest BCUT2D eigenvalue weighted by Crippen LogP contribution is 2.44. The highest BCUT2D eigenvalue weighted by molar-refractivity contribution is 5.98. The first-order valence-electron chi connectivity index (χ1n) is 10.7. The normalized spacial score (nSPS) is 18.3. The van der Waals surface area contributed by atoms with Crippen molar-refractivity contribution >= 4 is 16.9 Å². The third-order valence-corrected chi connectivity index (χ3v) is 6.47. The van der Waals surface area contributed by atoms with Crippen LogP contribution in [0.1, 0.15) is 54.3 Å². The zero-order valence-corrected chi connectivity index (χ0v) is 16.9. The number of fused-ring (bicyclic) bond motifs is 2. The Morgan fingerprint density at radius 2 is 1.94 bits per heavy atom.